The molecule has 0 fully saturated rings. The molecular weight excluding hydrogens is 275 g/mol. The maximum absolute atomic E-state index is 12.8. The van der Waals surface area contributed by atoms with Gasteiger partial charge in [-0.05, 0) is 36.2 Å². The number of hydrogen-bond donors (Lipinski definition) is 0. The molecule has 0 atom stereocenters. The third kappa shape index (κ3) is 2.61. The molecule has 106 valence electrons. The first-order chi connectivity index (χ1) is 9.95. The van der Waals surface area contributed by atoms with Crippen LogP contribution in [-0.4, -0.2) is 4.98 Å². The molecule has 0 bridgehead atoms. The molecule has 0 aliphatic heterocycles. The molecule has 0 unspecified atom stereocenters. The van der Waals surface area contributed by atoms with Crippen LogP contribution in [0.5, 0.6) is 0 Å². The number of aryl methyl sites for hydroxylation is 1. The zero-order valence-corrected chi connectivity index (χ0v) is 11.3. The van der Waals surface area contributed by atoms with Gasteiger partial charge in [-0.2, -0.15) is 13.2 Å². The second-order valence-electron chi connectivity index (χ2n) is 4.91. The Morgan fingerprint density at radius 3 is 2.29 bits per heavy atom. The lowest BCUT2D eigenvalue weighted by atomic mass is 9.99. The van der Waals surface area contributed by atoms with E-state index < -0.39 is 11.7 Å². The number of pyridine rings is 1. The number of fused-ring (bicyclic) bond motifs is 1. The van der Waals surface area contributed by atoms with E-state index >= 15 is 0 Å². The zero-order chi connectivity index (χ0) is 15.0. The van der Waals surface area contributed by atoms with Crippen LogP contribution in [0.25, 0.3) is 22.0 Å². The van der Waals surface area contributed by atoms with E-state index in [4.69, 9.17) is 0 Å². The van der Waals surface area contributed by atoms with Gasteiger partial charge in [0.2, 0.25) is 0 Å². The number of halogens is 3. The number of alkyl halides is 3. The van der Waals surface area contributed by atoms with Gasteiger partial charge in [-0.15, -0.1) is 0 Å². The summed E-state index contributed by atoms with van der Waals surface area (Å²) in [4.78, 5) is 4.24. The molecule has 1 nitrogen and oxygen atoms in total. The maximum atomic E-state index is 12.8. The highest BCUT2D eigenvalue weighted by Crippen LogP contribution is 2.34. The number of aromatic nitrogens is 1. The smallest absolute Gasteiger partial charge is 0.253 e. The van der Waals surface area contributed by atoms with Gasteiger partial charge in [-0.3, -0.25) is 4.98 Å². The Kier molecular flexibility index (Phi) is 3.16. The highest BCUT2D eigenvalue weighted by Gasteiger charge is 2.30. The molecule has 0 N–H and O–H groups in total. The van der Waals surface area contributed by atoms with Crippen LogP contribution in [0.4, 0.5) is 13.2 Å². The monoisotopic (exact) mass is 287 g/mol. The van der Waals surface area contributed by atoms with E-state index in [1.54, 1.807) is 6.92 Å². The summed E-state index contributed by atoms with van der Waals surface area (Å²) in [7, 11) is 0. The van der Waals surface area contributed by atoms with E-state index in [9.17, 15) is 13.2 Å². The molecule has 0 amide bonds. The highest BCUT2D eigenvalue weighted by molar-refractivity contribution is 5.95. The molecule has 1 aromatic heterocycles. The van der Waals surface area contributed by atoms with Gasteiger partial charge >= 0.3 is 6.18 Å². The Bertz CT molecular complexity index is 792. The van der Waals surface area contributed by atoms with Crippen molar-refractivity contribution in [1.82, 2.24) is 4.98 Å². The van der Waals surface area contributed by atoms with Crippen molar-refractivity contribution in [3.05, 3.63) is 65.9 Å². The first-order valence-electron chi connectivity index (χ1n) is 6.49. The summed E-state index contributed by atoms with van der Waals surface area (Å²) in [6, 6.07) is 15.2. The van der Waals surface area contributed by atoms with Crippen molar-refractivity contribution in [2.75, 3.05) is 0 Å². The number of benzene rings is 2. The van der Waals surface area contributed by atoms with E-state index in [1.165, 1.54) is 6.07 Å². The van der Waals surface area contributed by atoms with Gasteiger partial charge in [0.25, 0.3) is 0 Å². The Balaban J connectivity index is 2.28. The molecule has 0 radical (unpaired) electrons. The molecular formula is C17H12F3N. The van der Waals surface area contributed by atoms with E-state index in [-0.39, 0.29) is 0 Å². The lowest BCUT2D eigenvalue weighted by Crippen LogP contribution is -2.04. The summed E-state index contributed by atoms with van der Waals surface area (Å²) < 4.78 is 38.4. The summed E-state index contributed by atoms with van der Waals surface area (Å²) in [5.41, 5.74) is 2.25. The largest absolute Gasteiger partial charge is 0.416 e. The average Bonchev–Trinajstić information content (AvgIpc) is 2.45. The van der Waals surface area contributed by atoms with E-state index in [0.29, 0.717) is 11.2 Å². The van der Waals surface area contributed by atoms with Crippen molar-refractivity contribution in [3.8, 4) is 11.1 Å². The van der Waals surface area contributed by atoms with Crippen LogP contribution in [0.2, 0.25) is 0 Å². The van der Waals surface area contributed by atoms with E-state index in [1.807, 2.05) is 36.4 Å². The molecule has 2 aromatic carbocycles. The Morgan fingerprint density at radius 2 is 1.62 bits per heavy atom. The first kappa shape index (κ1) is 13.6. The lowest BCUT2D eigenvalue weighted by Gasteiger charge is -2.11. The third-order valence-electron chi connectivity index (χ3n) is 3.35. The fourth-order valence-electron chi connectivity index (χ4n) is 2.39. The van der Waals surface area contributed by atoms with Crippen LogP contribution in [0.15, 0.2) is 54.6 Å². The molecule has 4 heteroatoms. The number of rotatable bonds is 1. The Hall–Kier alpha value is -2.36. The fourth-order valence-corrected chi connectivity index (χ4v) is 2.39. The molecule has 0 saturated carbocycles. The topological polar surface area (TPSA) is 12.9 Å². The van der Waals surface area contributed by atoms with Gasteiger partial charge in [-0.25, -0.2) is 0 Å². The van der Waals surface area contributed by atoms with Crippen LogP contribution in [0.3, 0.4) is 0 Å². The average molecular weight is 287 g/mol. The Labute approximate surface area is 120 Å². The number of nitrogens with zero attached hydrogens (tertiary/aromatic N) is 1. The van der Waals surface area contributed by atoms with Gasteiger partial charge in [-0.1, -0.05) is 36.4 Å². The summed E-state index contributed by atoms with van der Waals surface area (Å²) >= 11 is 0. The summed E-state index contributed by atoms with van der Waals surface area (Å²) in [5, 5.41) is 0.722. The summed E-state index contributed by atoms with van der Waals surface area (Å²) in [5.74, 6) is 0. The van der Waals surface area contributed by atoms with Crippen molar-refractivity contribution < 1.29 is 13.2 Å². The van der Waals surface area contributed by atoms with Crippen molar-refractivity contribution in [2.24, 2.45) is 0 Å². The van der Waals surface area contributed by atoms with Gasteiger partial charge in [0.1, 0.15) is 0 Å². The van der Waals surface area contributed by atoms with Gasteiger partial charge < -0.3 is 0 Å². The van der Waals surface area contributed by atoms with Gasteiger partial charge in [0, 0.05) is 11.1 Å². The zero-order valence-electron chi connectivity index (χ0n) is 11.3. The van der Waals surface area contributed by atoms with Crippen molar-refractivity contribution in [2.45, 2.75) is 13.1 Å². The van der Waals surface area contributed by atoms with Crippen LogP contribution >= 0.6 is 0 Å². The van der Waals surface area contributed by atoms with Crippen LogP contribution in [-0.2, 0) is 6.18 Å². The molecule has 0 spiro atoms. The molecule has 21 heavy (non-hydrogen) atoms. The quantitative estimate of drug-likeness (QED) is 0.597. The SMILES string of the molecule is Cc1cc(-c2ccccc2)c2ccc(C(F)(F)F)cc2n1. The Morgan fingerprint density at radius 1 is 0.905 bits per heavy atom. The molecule has 1 heterocycles. The minimum Gasteiger partial charge on any atom is -0.253 e. The maximum Gasteiger partial charge on any atom is 0.416 e. The number of hydrogen-bond acceptors (Lipinski definition) is 1. The van der Waals surface area contributed by atoms with E-state index in [2.05, 4.69) is 4.98 Å². The highest BCUT2D eigenvalue weighted by atomic mass is 19.4. The van der Waals surface area contributed by atoms with E-state index in [0.717, 1.165) is 28.6 Å². The summed E-state index contributed by atoms with van der Waals surface area (Å²) in [6.45, 7) is 1.78. The lowest BCUT2D eigenvalue weighted by molar-refractivity contribution is -0.137. The van der Waals surface area contributed by atoms with Crippen molar-refractivity contribution >= 4 is 10.9 Å². The van der Waals surface area contributed by atoms with Crippen LogP contribution in [0.1, 0.15) is 11.3 Å². The molecule has 0 saturated heterocycles. The molecule has 3 aromatic rings. The van der Waals surface area contributed by atoms with Crippen LogP contribution < -0.4 is 0 Å². The molecule has 0 aliphatic carbocycles. The predicted molar refractivity (Wildman–Crippen MR) is 76.9 cm³/mol. The second kappa shape index (κ2) is 4.88. The normalized spacial score (nSPS) is 11.8. The molecule has 3 rings (SSSR count). The van der Waals surface area contributed by atoms with Gasteiger partial charge in [0.05, 0.1) is 11.1 Å². The third-order valence-corrected chi connectivity index (χ3v) is 3.35. The first-order valence-corrected chi connectivity index (χ1v) is 6.49. The fraction of sp³-hybridized carbons (Fsp3) is 0.118. The van der Waals surface area contributed by atoms with Gasteiger partial charge in [0.15, 0.2) is 0 Å². The molecule has 0 aliphatic rings. The van der Waals surface area contributed by atoms with Crippen molar-refractivity contribution in [3.63, 3.8) is 0 Å². The standard InChI is InChI=1S/C17H12F3N/c1-11-9-15(12-5-3-2-4-6-12)14-8-7-13(17(18,19)20)10-16(14)21-11/h2-10H,1H3. The minimum absolute atomic E-state index is 0.365. The second-order valence-corrected chi connectivity index (χ2v) is 4.91. The van der Waals surface area contributed by atoms with Crippen LogP contribution in [0, 0.1) is 6.92 Å². The van der Waals surface area contributed by atoms with Crippen molar-refractivity contribution in [1.29, 1.82) is 0 Å². The predicted octanol–water partition coefficient (Wildman–Crippen LogP) is 5.23. The minimum atomic E-state index is -4.35. The summed E-state index contributed by atoms with van der Waals surface area (Å²) in [6.07, 6.45) is -4.35.